The van der Waals surface area contributed by atoms with Gasteiger partial charge >= 0.3 is 0 Å². The van der Waals surface area contributed by atoms with Gasteiger partial charge in [0.25, 0.3) is 0 Å². The molecule has 0 radical (unpaired) electrons. The molecule has 0 aliphatic carbocycles. The third-order valence-electron chi connectivity index (χ3n) is 2.72. The Kier molecular flexibility index (Phi) is 4.87. The number of hydrogen-bond donors (Lipinski definition) is 0. The summed E-state index contributed by atoms with van der Waals surface area (Å²) < 4.78 is 19.5. The van der Waals surface area contributed by atoms with Gasteiger partial charge in [-0.05, 0) is 35.4 Å². The lowest BCUT2D eigenvalue weighted by Crippen LogP contribution is -1.96. The average molecular weight is 408 g/mol. The largest absolute Gasteiger partial charge is 0.497 e. The summed E-state index contributed by atoms with van der Waals surface area (Å²) in [6.07, 6.45) is 0. The maximum atomic E-state index is 13.5. The Morgan fingerprint density at radius 3 is 2.53 bits per heavy atom. The molecule has 1 nitrogen and oxygen atoms in total. The van der Waals surface area contributed by atoms with Crippen LogP contribution in [0.15, 0.2) is 40.9 Å². The number of benzene rings is 2. The van der Waals surface area contributed by atoms with Crippen LogP contribution in [0.1, 0.15) is 16.0 Å². The molecule has 0 aliphatic heterocycles. The highest BCUT2D eigenvalue weighted by atomic mass is 79.9. The standard InChI is InChI=1S/C14H10Br2ClFO/c1-19-9-3-4-10(11(15)7-9)14(16)8-2-5-12(17)13(18)6-8/h2-7,14H,1H3. The van der Waals surface area contributed by atoms with Crippen molar-refractivity contribution in [1.82, 2.24) is 0 Å². The van der Waals surface area contributed by atoms with Crippen LogP contribution in [0.2, 0.25) is 5.02 Å². The Balaban J connectivity index is 2.38. The second-order valence-electron chi connectivity index (χ2n) is 3.92. The number of rotatable bonds is 3. The predicted molar refractivity (Wildman–Crippen MR) is 82.9 cm³/mol. The van der Waals surface area contributed by atoms with Crippen molar-refractivity contribution in [2.24, 2.45) is 0 Å². The van der Waals surface area contributed by atoms with Crippen molar-refractivity contribution in [3.8, 4) is 5.75 Å². The zero-order valence-corrected chi connectivity index (χ0v) is 13.9. The van der Waals surface area contributed by atoms with Crippen LogP contribution in [-0.4, -0.2) is 7.11 Å². The minimum atomic E-state index is -0.423. The molecule has 19 heavy (non-hydrogen) atoms. The van der Waals surface area contributed by atoms with Gasteiger partial charge in [-0.2, -0.15) is 0 Å². The summed E-state index contributed by atoms with van der Waals surface area (Å²) in [6, 6.07) is 10.4. The first kappa shape index (κ1) is 14.8. The van der Waals surface area contributed by atoms with Gasteiger partial charge in [-0.1, -0.05) is 55.6 Å². The van der Waals surface area contributed by atoms with E-state index in [0.717, 1.165) is 21.3 Å². The zero-order chi connectivity index (χ0) is 14.0. The maximum Gasteiger partial charge on any atom is 0.142 e. The Labute approximate surface area is 133 Å². The molecule has 0 heterocycles. The summed E-state index contributed by atoms with van der Waals surface area (Å²) in [5, 5.41) is 0.122. The van der Waals surface area contributed by atoms with Crippen LogP contribution >= 0.6 is 43.5 Å². The zero-order valence-electron chi connectivity index (χ0n) is 9.96. The maximum absolute atomic E-state index is 13.5. The summed E-state index contributed by atoms with van der Waals surface area (Å²) in [5.74, 6) is 0.339. The van der Waals surface area contributed by atoms with E-state index in [0.29, 0.717) is 0 Å². The first-order valence-corrected chi connectivity index (χ1v) is 7.54. The summed E-state index contributed by atoms with van der Waals surface area (Å²) in [6.45, 7) is 0. The first-order chi connectivity index (χ1) is 9.02. The van der Waals surface area contributed by atoms with Gasteiger partial charge in [0.05, 0.1) is 17.0 Å². The van der Waals surface area contributed by atoms with Crippen LogP contribution in [-0.2, 0) is 0 Å². The molecule has 0 aliphatic rings. The molecule has 100 valence electrons. The van der Waals surface area contributed by atoms with Crippen LogP contribution < -0.4 is 4.74 Å². The van der Waals surface area contributed by atoms with E-state index < -0.39 is 5.82 Å². The minimum absolute atomic E-state index is 0.122. The molecule has 0 bridgehead atoms. The first-order valence-electron chi connectivity index (χ1n) is 5.45. The van der Waals surface area contributed by atoms with Crippen molar-refractivity contribution in [1.29, 1.82) is 0 Å². The molecular weight excluding hydrogens is 398 g/mol. The molecule has 5 heteroatoms. The number of hydrogen-bond acceptors (Lipinski definition) is 1. The van der Waals surface area contributed by atoms with Gasteiger partial charge < -0.3 is 4.74 Å². The van der Waals surface area contributed by atoms with Crippen molar-refractivity contribution < 1.29 is 9.13 Å². The van der Waals surface area contributed by atoms with Gasteiger partial charge in [-0.25, -0.2) is 4.39 Å². The Morgan fingerprint density at radius 2 is 1.95 bits per heavy atom. The van der Waals surface area contributed by atoms with Crippen molar-refractivity contribution >= 4 is 43.5 Å². The van der Waals surface area contributed by atoms with Crippen LogP contribution in [0.25, 0.3) is 0 Å². The van der Waals surface area contributed by atoms with E-state index >= 15 is 0 Å². The predicted octanol–water partition coefficient (Wildman–Crippen LogP) is 5.73. The SMILES string of the molecule is COc1ccc(C(Br)c2ccc(Cl)c(F)c2)c(Br)c1. The molecule has 0 amide bonds. The van der Waals surface area contributed by atoms with Crippen LogP contribution in [0.3, 0.4) is 0 Å². The normalized spacial score (nSPS) is 12.3. The highest BCUT2D eigenvalue weighted by molar-refractivity contribution is 9.11. The minimum Gasteiger partial charge on any atom is -0.497 e. The van der Waals surface area contributed by atoms with Gasteiger partial charge in [-0.3, -0.25) is 0 Å². The Hall–Kier alpha value is -0.580. The van der Waals surface area contributed by atoms with Crippen LogP contribution in [0.5, 0.6) is 5.75 Å². The molecule has 1 unspecified atom stereocenters. The van der Waals surface area contributed by atoms with Crippen molar-refractivity contribution in [2.75, 3.05) is 7.11 Å². The van der Waals surface area contributed by atoms with E-state index in [4.69, 9.17) is 16.3 Å². The lowest BCUT2D eigenvalue weighted by atomic mass is 10.0. The molecule has 0 aromatic heterocycles. The summed E-state index contributed by atoms with van der Waals surface area (Å²) in [7, 11) is 1.61. The van der Waals surface area contributed by atoms with E-state index in [-0.39, 0.29) is 9.85 Å². The van der Waals surface area contributed by atoms with E-state index in [1.165, 1.54) is 6.07 Å². The average Bonchev–Trinajstić information content (AvgIpc) is 2.41. The van der Waals surface area contributed by atoms with Gasteiger partial charge in [0, 0.05) is 4.47 Å². The summed E-state index contributed by atoms with van der Waals surface area (Å²) >= 11 is 12.7. The lowest BCUT2D eigenvalue weighted by molar-refractivity contribution is 0.414. The van der Waals surface area contributed by atoms with Crippen LogP contribution in [0.4, 0.5) is 4.39 Å². The summed E-state index contributed by atoms with van der Waals surface area (Å²) in [5.41, 5.74) is 1.79. The highest BCUT2D eigenvalue weighted by Crippen LogP contribution is 2.37. The van der Waals surface area contributed by atoms with Gasteiger partial charge in [0.1, 0.15) is 11.6 Å². The molecule has 0 spiro atoms. The molecule has 0 fully saturated rings. The highest BCUT2D eigenvalue weighted by Gasteiger charge is 2.15. The van der Waals surface area contributed by atoms with E-state index in [1.807, 2.05) is 18.2 Å². The lowest BCUT2D eigenvalue weighted by Gasteiger charge is -2.14. The molecular formula is C14H10Br2ClFO. The topological polar surface area (TPSA) is 9.23 Å². The fraction of sp³-hybridized carbons (Fsp3) is 0.143. The quantitative estimate of drug-likeness (QED) is 0.589. The summed E-state index contributed by atoms with van der Waals surface area (Å²) in [4.78, 5) is -0.125. The van der Waals surface area contributed by atoms with E-state index in [1.54, 1.807) is 19.2 Å². The van der Waals surface area contributed by atoms with Crippen molar-refractivity contribution in [2.45, 2.75) is 4.83 Å². The monoisotopic (exact) mass is 406 g/mol. The third-order valence-corrected chi connectivity index (χ3v) is 4.73. The Morgan fingerprint density at radius 1 is 1.21 bits per heavy atom. The number of alkyl halides is 1. The third kappa shape index (κ3) is 3.30. The molecule has 0 N–H and O–H groups in total. The van der Waals surface area contributed by atoms with Crippen molar-refractivity contribution in [3.05, 3.63) is 62.8 Å². The molecule has 2 aromatic rings. The number of ether oxygens (including phenoxy) is 1. The fourth-order valence-electron chi connectivity index (χ4n) is 1.69. The molecule has 0 saturated carbocycles. The molecule has 0 saturated heterocycles. The Bertz CT molecular complexity index is 604. The van der Waals surface area contributed by atoms with Crippen LogP contribution in [0, 0.1) is 5.82 Å². The second kappa shape index (κ2) is 6.25. The smallest absolute Gasteiger partial charge is 0.142 e. The molecule has 1 atom stereocenters. The molecule has 2 aromatic carbocycles. The molecule has 2 rings (SSSR count). The fourth-order valence-corrected chi connectivity index (χ4v) is 3.39. The van der Waals surface area contributed by atoms with Gasteiger partial charge in [0.2, 0.25) is 0 Å². The van der Waals surface area contributed by atoms with E-state index in [2.05, 4.69) is 31.9 Å². The van der Waals surface area contributed by atoms with E-state index in [9.17, 15) is 4.39 Å². The van der Waals surface area contributed by atoms with Crippen molar-refractivity contribution in [3.63, 3.8) is 0 Å². The second-order valence-corrected chi connectivity index (χ2v) is 6.10. The number of methoxy groups -OCH3 is 1. The van der Waals surface area contributed by atoms with Gasteiger partial charge in [-0.15, -0.1) is 0 Å². The number of halogens is 4. The van der Waals surface area contributed by atoms with Gasteiger partial charge in [0.15, 0.2) is 0 Å².